The number of aromatic nitrogens is 1. The molecule has 1 heterocycles. The molecule has 0 radical (unpaired) electrons. The van der Waals surface area contributed by atoms with E-state index in [-0.39, 0.29) is 17.5 Å². The van der Waals surface area contributed by atoms with Crippen molar-refractivity contribution >= 4 is 22.6 Å². The molecule has 1 atom stereocenters. The minimum atomic E-state index is -1.18. The second-order valence-corrected chi connectivity index (χ2v) is 12.3. The summed E-state index contributed by atoms with van der Waals surface area (Å²) >= 11 is 0. The highest BCUT2D eigenvalue weighted by atomic mass is 19.1. The predicted molar refractivity (Wildman–Crippen MR) is 162 cm³/mol. The first-order chi connectivity index (χ1) is 20.0. The molecule has 2 N–H and O–H groups in total. The number of hydrogen-bond donors (Lipinski definition) is 2. The van der Waals surface area contributed by atoms with Crippen molar-refractivity contribution in [2.45, 2.75) is 70.8 Å². The van der Waals surface area contributed by atoms with Crippen LogP contribution in [-0.4, -0.2) is 28.0 Å². The van der Waals surface area contributed by atoms with Gasteiger partial charge in [0.1, 0.15) is 29.1 Å². The third-order valence-electron chi connectivity index (χ3n) is 7.99. The number of nitrogens with zero attached hydrogens (tertiary/aromatic N) is 1. The zero-order valence-corrected chi connectivity index (χ0v) is 24.3. The van der Waals surface area contributed by atoms with Gasteiger partial charge in [-0.1, -0.05) is 76.8 Å². The number of halogens is 1. The highest BCUT2D eigenvalue weighted by Gasteiger charge is 2.24. The number of carbonyl (C=O) groups excluding carboxylic acids is 1. The molecule has 1 amide bonds. The van der Waals surface area contributed by atoms with Crippen LogP contribution >= 0.6 is 0 Å². The lowest BCUT2D eigenvalue weighted by molar-refractivity contribution is -0.139. The summed E-state index contributed by atoms with van der Waals surface area (Å²) in [6.07, 6.45) is 5.38. The lowest BCUT2D eigenvalue weighted by Gasteiger charge is -2.19. The number of carboxylic acid groups (broad SMARTS) is 1. The van der Waals surface area contributed by atoms with E-state index >= 15 is 0 Å². The quantitative estimate of drug-likeness (QED) is 0.217. The fourth-order valence-corrected chi connectivity index (χ4v) is 5.57. The number of pyridine rings is 1. The first-order valence-electron chi connectivity index (χ1n) is 14.6. The first kappa shape index (κ1) is 29.2. The molecule has 42 heavy (non-hydrogen) atoms. The van der Waals surface area contributed by atoms with Crippen LogP contribution in [0.5, 0.6) is 11.5 Å². The number of benzene rings is 3. The average molecular weight is 569 g/mol. The van der Waals surface area contributed by atoms with E-state index in [1.54, 1.807) is 6.07 Å². The summed E-state index contributed by atoms with van der Waals surface area (Å²) in [6.45, 7) is 6.52. The van der Waals surface area contributed by atoms with Crippen LogP contribution in [0.4, 0.5) is 4.39 Å². The topological polar surface area (TPSA) is 88.5 Å². The van der Waals surface area contributed by atoms with Crippen molar-refractivity contribution in [3.8, 4) is 11.5 Å². The predicted octanol–water partition coefficient (Wildman–Crippen LogP) is 7.62. The maximum atomic E-state index is 13.3. The number of carbonyl (C=O) groups is 2. The molecule has 7 heteroatoms. The highest BCUT2D eigenvalue weighted by molar-refractivity contribution is 5.99. The molecule has 5 rings (SSSR count). The average Bonchev–Trinajstić information content (AvgIpc) is 3.47. The zero-order valence-electron chi connectivity index (χ0n) is 24.3. The number of hydrogen-bond acceptors (Lipinski definition) is 4. The van der Waals surface area contributed by atoms with Crippen LogP contribution in [0, 0.1) is 11.7 Å². The summed E-state index contributed by atoms with van der Waals surface area (Å²) in [7, 11) is 0. The van der Waals surface area contributed by atoms with Crippen molar-refractivity contribution in [2.75, 3.05) is 0 Å². The van der Waals surface area contributed by atoms with Gasteiger partial charge in [0.2, 0.25) is 0 Å². The molecule has 1 fully saturated rings. The van der Waals surface area contributed by atoms with Gasteiger partial charge in [0.05, 0.1) is 0 Å². The van der Waals surface area contributed by atoms with Gasteiger partial charge in [-0.2, -0.15) is 0 Å². The number of amides is 1. The highest BCUT2D eigenvalue weighted by Crippen LogP contribution is 2.33. The fraction of sp³-hybridized carbons (Fsp3) is 0.343. The Morgan fingerprint density at radius 2 is 1.64 bits per heavy atom. The lowest BCUT2D eigenvalue weighted by atomic mass is 9.87. The van der Waals surface area contributed by atoms with Crippen molar-refractivity contribution in [3.63, 3.8) is 0 Å². The van der Waals surface area contributed by atoms with Crippen LogP contribution in [0.2, 0.25) is 0 Å². The Balaban J connectivity index is 1.42. The Morgan fingerprint density at radius 1 is 0.976 bits per heavy atom. The second-order valence-electron chi connectivity index (χ2n) is 12.3. The zero-order chi connectivity index (χ0) is 29.9. The van der Waals surface area contributed by atoms with Gasteiger partial charge in [-0.25, -0.2) is 14.2 Å². The number of fused-ring (bicyclic) bond motifs is 1. The number of nitrogens with one attached hydrogen (secondary N) is 1. The molecular weight excluding hydrogens is 531 g/mol. The number of aliphatic carboxylic acids is 1. The van der Waals surface area contributed by atoms with E-state index < -0.39 is 23.7 Å². The van der Waals surface area contributed by atoms with Gasteiger partial charge >= 0.3 is 5.97 Å². The van der Waals surface area contributed by atoms with E-state index in [2.05, 4.69) is 38.2 Å². The maximum Gasteiger partial charge on any atom is 0.326 e. The Labute approximate surface area is 245 Å². The standard InChI is InChI=1S/C35H37FN2O4/c1-35(2,3)25-11-16-27(17-12-25)42-28-15-10-24-20-31(37-30(29(24)21-28)18-22-6-4-5-7-22)33(39)38-32(34(40)41)19-23-8-13-26(36)14-9-23/h8-17,20-22,32H,4-7,18-19H2,1-3H3,(H,38,39)(H,40,41). The Kier molecular flexibility index (Phi) is 8.57. The SMILES string of the molecule is CC(C)(C)c1ccc(Oc2ccc3cc(C(=O)NC(Cc4ccc(F)cc4)C(=O)O)nc(CC4CCCC4)c3c2)cc1. The summed E-state index contributed by atoms with van der Waals surface area (Å²) in [5.41, 5.74) is 2.87. The number of carboxylic acids is 1. The summed E-state index contributed by atoms with van der Waals surface area (Å²) in [4.78, 5) is 30.1. The van der Waals surface area contributed by atoms with Crippen LogP contribution in [0.15, 0.2) is 72.8 Å². The van der Waals surface area contributed by atoms with Crippen molar-refractivity contribution in [1.29, 1.82) is 0 Å². The van der Waals surface area contributed by atoms with Crippen molar-refractivity contribution < 1.29 is 23.8 Å². The molecule has 0 saturated heterocycles. The summed E-state index contributed by atoms with van der Waals surface area (Å²) in [5.74, 6) is -0.224. The summed E-state index contributed by atoms with van der Waals surface area (Å²) in [5, 5.41) is 14.2. The Morgan fingerprint density at radius 3 is 2.29 bits per heavy atom. The molecule has 0 spiro atoms. The second kappa shape index (κ2) is 12.3. The van der Waals surface area contributed by atoms with Gasteiger partial charge in [0, 0.05) is 17.5 Å². The molecule has 1 saturated carbocycles. The van der Waals surface area contributed by atoms with Gasteiger partial charge in [0.25, 0.3) is 5.91 Å². The van der Waals surface area contributed by atoms with E-state index in [9.17, 15) is 19.1 Å². The third-order valence-corrected chi connectivity index (χ3v) is 7.99. The van der Waals surface area contributed by atoms with E-state index in [1.807, 2.05) is 30.3 Å². The van der Waals surface area contributed by atoms with Gasteiger partial charge in [-0.3, -0.25) is 4.79 Å². The molecule has 218 valence electrons. The van der Waals surface area contributed by atoms with Crippen LogP contribution in [-0.2, 0) is 23.1 Å². The molecule has 1 aromatic heterocycles. The van der Waals surface area contributed by atoms with E-state index in [0.717, 1.165) is 41.5 Å². The molecular formula is C35H37FN2O4. The minimum absolute atomic E-state index is 0.0291. The molecule has 6 nitrogen and oxygen atoms in total. The van der Waals surface area contributed by atoms with Crippen molar-refractivity contribution in [2.24, 2.45) is 5.92 Å². The van der Waals surface area contributed by atoms with Gasteiger partial charge in [-0.05, 0) is 76.7 Å². The van der Waals surface area contributed by atoms with Crippen LogP contribution in [0.25, 0.3) is 10.8 Å². The van der Waals surface area contributed by atoms with Crippen molar-refractivity contribution in [1.82, 2.24) is 10.3 Å². The van der Waals surface area contributed by atoms with Crippen LogP contribution in [0.3, 0.4) is 0 Å². The van der Waals surface area contributed by atoms with Gasteiger partial charge < -0.3 is 15.2 Å². The maximum absolute atomic E-state index is 13.3. The van der Waals surface area contributed by atoms with E-state index in [0.29, 0.717) is 17.2 Å². The number of ether oxygens (including phenoxy) is 1. The van der Waals surface area contributed by atoms with Crippen LogP contribution < -0.4 is 10.1 Å². The molecule has 4 aromatic rings. The normalized spacial score (nSPS) is 14.6. The Bertz CT molecular complexity index is 1570. The Hall–Kier alpha value is -4.26. The first-order valence-corrected chi connectivity index (χ1v) is 14.6. The smallest absolute Gasteiger partial charge is 0.326 e. The van der Waals surface area contributed by atoms with Gasteiger partial charge in [0.15, 0.2) is 0 Å². The molecule has 3 aromatic carbocycles. The van der Waals surface area contributed by atoms with Crippen LogP contribution in [0.1, 0.15) is 73.8 Å². The minimum Gasteiger partial charge on any atom is -0.480 e. The largest absolute Gasteiger partial charge is 0.480 e. The summed E-state index contributed by atoms with van der Waals surface area (Å²) in [6, 6.07) is 20.0. The fourth-order valence-electron chi connectivity index (χ4n) is 5.57. The van der Waals surface area contributed by atoms with E-state index in [4.69, 9.17) is 9.72 Å². The molecule has 0 bridgehead atoms. The monoisotopic (exact) mass is 568 g/mol. The molecule has 0 aliphatic heterocycles. The third kappa shape index (κ3) is 7.14. The molecule has 1 aliphatic carbocycles. The lowest BCUT2D eigenvalue weighted by Crippen LogP contribution is -2.42. The van der Waals surface area contributed by atoms with Crippen molar-refractivity contribution in [3.05, 3.63) is 101 Å². The van der Waals surface area contributed by atoms with E-state index in [1.165, 1.54) is 42.7 Å². The summed E-state index contributed by atoms with van der Waals surface area (Å²) < 4.78 is 19.5. The number of rotatable bonds is 9. The van der Waals surface area contributed by atoms with Gasteiger partial charge in [-0.15, -0.1) is 0 Å². The molecule has 1 aliphatic rings. The molecule has 1 unspecified atom stereocenters.